The third-order valence-corrected chi connectivity index (χ3v) is 6.93. The first-order valence-corrected chi connectivity index (χ1v) is 10.8. The van der Waals surface area contributed by atoms with Gasteiger partial charge in [0.25, 0.3) is 10.1 Å². The van der Waals surface area contributed by atoms with Crippen LogP contribution in [-0.2, 0) is 14.9 Å². The molecule has 0 aliphatic carbocycles. The predicted octanol–water partition coefficient (Wildman–Crippen LogP) is 5.89. The zero-order valence-electron chi connectivity index (χ0n) is 14.3. The summed E-state index contributed by atoms with van der Waals surface area (Å²) in [6.45, 7) is 0. The Balaban J connectivity index is 2.58. The first-order valence-electron chi connectivity index (χ1n) is 7.89. The molecule has 5 nitrogen and oxygen atoms in total. The second-order valence-corrected chi connectivity index (χ2v) is 9.36. The van der Waals surface area contributed by atoms with Crippen molar-refractivity contribution in [2.45, 2.75) is 4.75 Å². The molecule has 0 fully saturated rings. The largest absolute Gasteiger partial charge is 0.504 e. The van der Waals surface area contributed by atoms with Gasteiger partial charge in [-0.1, -0.05) is 64.6 Å². The molecule has 0 radical (unpaired) electrons. The molecule has 0 unspecified atom stereocenters. The first kappa shape index (κ1) is 22.0. The average molecular weight is 494 g/mol. The Morgan fingerprint density at radius 1 is 0.690 bits per heavy atom. The highest BCUT2D eigenvalue weighted by atomic mass is 35.5. The van der Waals surface area contributed by atoms with Crippen LogP contribution in [0.15, 0.2) is 54.6 Å². The van der Waals surface area contributed by atoms with E-state index in [4.69, 9.17) is 46.4 Å². The summed E-state index contributed by atoms with van der Waals surface area (Å²) in [6.07, 6.45) is 0. The second-order valence-electron chi connectivity index (χ2n) is 6.11. The van der Waals surface area contributed by atoms with E-state index in [1.807, 2.05) is 0 Å². The zero-order valence-corrected chi connectivity index (χ0v) is 18.1. The zero-order chi connectivity index (χ0) is 21.6. The number of hydrogen-bond acceptors (Lipinski definition) is 4. The van der Waals surface area contributed by atoms with E-state index in [0.717, 1.165) is 12.1 Å². The lowest BCUT2D eigenvalue weighted by Gasteiger charge is -2.34. The molecule has 0 bridgehead atoms. The fraction of sp³-hybridized carbons (Fsp3) is 0.0526. The fourth-order valence-electron chi connectivity index (χ4n) is 3.18. The van der Waals surface area contributed by atoms with Gasteiger partial charge in [0, 0.05) is 31.2 Å². The Labute approximate surface area is 186 Å². The average Bonchev–Trinajstić information content (AvgIpc) is 2.60. The van der Waals surface area contributed by atoms with Gasteiger partial charge < -0.3 is 10.2 Å². The summed E-state index contributed by atoms with van der Waals surface area (Å²) >= 11 is 24.6. The van der Waals surface area contributed by atoms with Gasteiger partial charge in [-0.15, -0.1) is 0 Å². The molecule has 0 amide bonds. The quantitative estimate of drug-likeness (QED) is 0.239. The first-order chi connectivity index (χ1) is 13.5. The molecule has 0 atom stereocenters. The maximum atomic E-state index is 13.0. The Kier molecular flexibility index (Phi) is 5.98. The number of benzene rings is 3. The molecule has 3 aromatic rings. The summed E-state index contributed by atoms with van der Waals surface area (Å²) in [4.78, 5) is 0. The van der Waals surface area contributed by atoms with Crippen molar-refractivity contribution in [2.75, 3.05) is 0 Å². The third-order valence-electron chi connectivity index (χ3n) is 4.39. The highest BCUT2D eigenvalue weighted by molar-refractivity contribution is 7.87. The molecule has 0 aromatic heterocycles. The number of halogens is 4. The fourth-order valence-corrected chi connectivity index (χ4v) is 5.72. The van der Waals surface area contributed by atoms with Gasteiger partial charge in [0.1, 0.15) is 0 Å². The van der Waals surface area contributed by atoms with E-state index < -0.39 is 26.4 Å². The molecule has 10 heteroatoms. The predicted molar refractivity (Wildman–Crippen MR) is 114 cm³/mol. The smallest absolute Gasteiger partial charge is 0.283 e. The number of phenols is 2. The minimum atomic E-state index is -5.03. The molecule has 152 valence electrons. The molecule has 0 spiro atoms. The van der Waals surface area contributed by atoms with Crippen molar-refractivity contribution in [3.8, 4) is 11.5 Å². The van der Waals surface area contributed by atoms with Gasteiger partial charge in [0.15, 0.2) is 16.2 Å². The van der Waals surface area contributed by atoms with Crippen LogP contribution in [0.25, 0.3) is 0 Å². The van der Waals surface area contributed by atoms with Gasteiger partial charge in [0.2, 0.25) is 0 Å². The Bertz CT molecular complexity index is 1160. The lowest BCUT2D eigenvalue weighted by Crippen LogP contribution is -2.38. The molecule has 29 heavy (non-hydrogen) atoms. The molecular weight excluding hydrogens is 482 g/mol. The van der Waals surface area contributed by atoms with Crippen LogP contribution in [0.4, 0.5) is 0 Å². The molecule has 0 saturated carbocycles. The van der Waals surface area contributed by atoms with E-state index in [-0.39, 0.29) is 36.8 Å². The highest BCUT2D eigenvalue weighted by Gasteiger charge is 2.51. The van der Waals surface area contributed by atoms with Crippen molar-refractivity contribution in [3.05, 3.63) is 91.4 Å². The van der Waals surface area contributed by atoms with Crippen molar-refractivity contribution in [1.29, 1.82) is 0 Å². The number of aromatic hydroxyl groups is 2. The summed E-state index contributed by atoms with van der Waals surface area (Å²) in [6, 6.07) is 11.4. The minimum absolute atomic E-state index is 0.0691. The van der Waals surface area contributed by atoms with Crippen molar-refractivity contribution in [3.63, 3.8) is 0 Å². The van der Waals surface area contributed by atoms with Gasteiger partial charge >= 0.3 is 0 Å². The van der Waals surface area contributed by atoms with Crippen LogP contribution < -0.4 is 0 Å². The van der Waals surface area contributed by atoms with Gasteiger partial charge in [0.05, 0.1) is 0 Å². The minimum Gasteiger partial charge on any atom is -0.504 e. The van der Waals surface area contributed by atoms with Gasteiger partial charge in [-0.3, -0.25) is 4.55 Å². The number of hydrogen-bond donors (Lipinski definition) is 3. The summed E-state index contributed by atoms with van der Waals surface area (Å²) in [5.41, 5.74) is -0.260. The molecule has 0 aliphatic rings. The van der Waals surface area contributed by atoms with E-state index in [1.54, 1.807) is 0 Å². The van der Waals surface area contributed by atoms with E-state index in [1.165, 1.54) is 42.5 Å². The summed E-state index contributed by atoms with van der Waals surface area (Å²) < 4.78 is 34.0. The molecule has 3 N–H and O–H groups in total. The van der Waals surface area contributed by atoms with Crippen LogP contribution in [0, 0.1) is 0 Å². The lowest BCUT2D eigenvalue weighted by molar-refractivity contribution is 0.402. The third kappa shape index (κ3) is 3.77. The molecule has 0 saturated heterocycles. The van der Waals surface area contributed by atoms with Gasteiger partial charge in [-0.25, -0.2) is 0 Å². The molecule has 0 heterocycles. The van der Waals surface area contributed by atoms with Crippen LogP contribution in [-0.4, -0.2) is 23.2 Å². The Morgan fingerprint density at radius 2 is 1.17 bits per heavy atom. The lowest BCUT2D eigenvalue weighted by atomic mass is 9.83. The normalized spacial score (nSPS) is 12.2. The summed E-state index contributed by atoms with van der Waals surface area (Å²) in [5, 5.41) is 20.0. The van der Waals surface area contributed by atoms with E-state index in [2.05, 4.69) is 0 Å². The van der Waals surface area contributed by atoms with Crippen LogP contribution in [0.5, 0.6) is 11.5 Å². The maximum Gasteiger partial charge on any atom is 0.283 e. The van der Waals surface area contributed by atoms with Crippen LogP contribution in [0.1, 0.15) is 16.7 Å². The SMILES string of the molecule is O=S(=O)(O)C(c1ccc(O)c(O)c1)(c1ccc(Cl)cc1Cl)c1ccc(Cl)cc1Cl. The van der Waals surface area contributed by atoms with E-state index >= 15 is 0 Å². The highest BCUT2D eigenvalue weighted by Crippen LogP contribution is 2.50. The van der Waals surface area contributed by atoms with Gasteiger partial charge in [-0.2, -0.15) is 8.42 Å². The number of phenolic OH excluding ortho intramolecular Hbond substituents is 2. The second kappa shape index (κ2) is 7.87. The van der Waals surface area contributed by atoms with E-state index in [0.29, 0.717) is 0 Å². The molecular formula is C19H12Cl4O5S. The van der Waals surface area contributed by atoms with Crippen molar-refractivity contribution < 1.29 is 23.2 Å². The van der Waals surface area contributed by atoms with Crippen LogP contribution >= 0.6 is 46.4 Å². The standard InChI is InChI=1S/C19H12Cl4O5S/c20-11-2-4-13(15(22)8-11)19(29(26,27)28,10-1-6-17(24)18(25)7-10)14-5-3-12(21)9-16(14)23/h1-9,24-25H,(H,26,27,28). The van der Waals surface area contributed by atoms with Crippen molar-refractivity contribution in [1.82, 2.24) is 0 Å². The topological polar surface area (TPSA) is 94.8 Å². The Morgan fingerprint density at radius 3 is 1.55 bits per heavy atom. The van der Waals surface area contributed by atoms with Gasteiger partial charge in [-0.05, 0) is 42.0 Å². The van der Waals surface area contributed by atoms with Crippen molar-refractivity contribution >= 4 is 56.5 Å². The molecule has 3 rings (SSSR count). The van der Waals surface area contributed by atoms with Crippen LogP contribution in [0.3, 0.4) is 0 Å². The monoisotopic (exact) mass is 492 g/mol. The van der Waals surface area contributed by atoms with Crippen LogP contribution in [0.2, 0.25) is 20.1 Å². The van der Waals surface area contributed by atoms with Crippen molar-refractivity contribution in [2.24, 2.45) is 0 Å². The summed E-state index contributed by atoms with van der Waals surface area (Å²) in [5.74, 6) is -1.09. The molecule has 3 aromatic carbocycles. The summed E-state index contributed by atoms with van der Waals surface area (Å²) in [7, 11) is -5.03. The maximum absolute atomic E-state index is 13.0. The van der Waals surface area contributed by atoms with E-state index in [9.17, 15) is 23.2 Å². The molecule has 0 aliphatic heterocycles. The Hall–Kier alpha value is -1.67. The number of rotatable bonds is 4.